The van der Waals surface area contributed by atoms with Crippen LogP contribution in [0.1, 0.15) is 44.1 Å². The summed E-state index contributed by atoms with van der Waals surface area (Å²) in [6.07, 6.45) is 8.49. The SMILES string of the molecule is Oc1ccc(C23CC4CC(CC(C4)C2)C3)cc1-c1ccc2ccccc2c1. The maximum Gasteiger partial charge on any atom is 0.123 e. The van der Waals surface area contributed by atoms with E-state index < -0.39 is 0 Å². The Morgan fingerprint density at radius 1 is 0.704 bits per heavy atom. The van der Waals surface area contributed by atoms with Crippen molar-refractivity contribution in [3.8, 4) is 16.9 Å². The Labute approximate surface area is 161 Å². The van der Waals surface area contributed by atoms with Crippen LogP contribution in [0.5, 0.6) is 5.75 Å². The fourth-order valence-corrected chi connectivity index (χ4v) is 6.92. The van der Waals surface area contributed by atoms with Crippen molar-refractivity contribution in [3.05, 3.63) is 66.2 Å². The van der Waals surface area contributed by atoms with Crippen LogP contribution < -0.4 is 0 Å². The lowest BCUT2D eigenvalue weighted by Gasteiger charge is -2.57. The van der Waals surface area contributed by atoms with Crippen LogP contribution in [0.25, 0.3) is 21.9 Å². The van der Waals surface area contributed by atoms with Crippen molar-refractivity contribution in [1.29, 1.82) is 0 Å². The molecule has 4 saturated carbocycles. The molecule has 1 N–H and O–H groups in total. The van der Waals surface area contributed by atoms with Gasteiger partial charge in [0.25, 0.3) is 0 Å². The standard InChI is InChI=1S/C26H26O/c27-25-8-7-23(26-14-17-9-18(15-26)11-19(10-17)16-26)13-24(25)22-6-5-20-3-1-2-4-21(20)12-22/h1-8,12-13,17-19,27H,9-11,14-16H2. The zero-order valence-corrected chi connectivity index (χ0v) is 15.7. The number of phenolic OH excluding ortho intramolecular Hbond substituents is 1. The van der Waals surface area contributed by atoms with E-state index in [4.69, 9.17) is 0 Å². The van der Waals surface area contributed by atoms with E-state index in [0.717, 1.165) is 28.9 Å². The van der Waals surface area contributed by atoms with Gasteiger partial charge in [-0.05, 0) is 102 Å². The molecule has 4 fully saturated rings. The summed E-state index contributed by atoms with van der Waals surface area (Å²) < 4.78 is 0. The van der Waals surface area contributed by atoms with Gasteiger partial charge in [0.15, 0.2) is 0 Å². The minimum Gasteiger partial charge on any atom is -0.507 e. The van der Waals surface area contributed by atoms with Crippen molar-refractivity contribution in [3.63, 3.8) is 0 Å². The van der Waals surface area contributed by atoms with E-state index in [1.54, 1.807) is 0 Å². The molecule has 1 heteroatoms. The molecule has 27 heavy (non-hydrogen) atoms. The van der Waals surface area contributed by atoms with Crippen LogP contribution in [0.3, 0.4) is 0 Å². The molecule has 0 aliphatic heterocycles. The summed E-state index contributed by atoms with van der Waals surface area (Å²) in [6.45, 7) is 0. The van der Waals surface area contributed by atoms with Gasteiger partial charge in [0.1, 0.15) is 5.75 Å². The van der Waals surface area contributed by atoms with Gasteiger partial charge in [-0.2, -0.15) is 0 Å². The van der Waals surface area contributed by atoms with Gasteiger partial charge in [0, 0.05) is 5.56 Å². The summed E-state index contributed by atoms with van der Waals surface area (Å²) in [5.41, 5.74) is 3.96. The molecule has 3 aromatic rings. The monoisotopic (exact) mass is 354 g/mol. The van der Waals surface area contributed by atoms with E-state index in [1.807, 2.05) is 6.07 Å². The molecule has 0 unspecified atom stereocenters. The van der Waals surface area contributed by atoms with Crippen LogP contribution in [0.15, 0.2) is 60.7 Å². The van der Waals surface area contributed by atoms with Gasteiger partial charge >= 0.3 is 0 Å². The second-order valence-electron chi connectivity index (χ2n) is 9.49. The predicted molar refractivity (Wildman–Crippen MR) is 111 cm³/mol. The molecule has 0 aromatic heterocycles. The lowest BCUT2D eigenvalue weighted by atomic mass is 9.48. The summed E-state index contributed by atoms with van der Waals surface area (Å²) in [4.78, 5) is 0. The molecular weight excluding hydrogens is 328 g/mol. The van der Waals surface area contributed by atoms with Gasteiger partial charge in [-0.15, -0.1) is 0 Å². The number of benzene rings is 3. The van der Waals surface area contributed by atoms with Crippen molar-refractivity contribution in [2.45, 2.75) is 43.9 Å². The molecular formula is C26H26O. The molecule has 0 heterocycles. The van der Waals surface area contributed by atoms with Gasteiger partial charge < -0.3 is 5.11 Å². The van der Waals surface area contributed by atoms with Gasteiger partial charge in [0.2, 0.25) is 0 Å². The molecule has 4 aliphatic rings. The first-order chi connectivity index (χ1) is 13.2. The molecule has 0 amide bonds. The molecule has 0 radical (unpaired) electrons. The molecule has 4 bridgehead atoms. The molecule has 3 aromatic carbocycles. The zero-order chi connectivity index (χ0) is 18.0. The van der Waals surface area contributed by atoms with Crippen molar-refractivity contribution in [1.82, 2.24) is 0 Å². The third kappa shape index (κ3) is 2.44. The molecule has 4 aliphatic carbocycles. The Hall–Kier alpha value is -2.28. The van der Waals surface area contributed by atoms with E-state index in [9.17, 15) is 5.11 Å². The normalized spacial score (nSPS) is 31.5. The second kappa shape index (κ2) is 5.61. The Bertz CT molecular complexity index is 996. The van der Waals surface area contributed by atoms with Gasteiger partial charge in [0.05, 0.1) is 0 Å². The van der Waals surface area contributed by atoms with Crippen LogP contribution >= 0.6 is 0 Å². The second-order valence-corrected chi connectivity index (χ2v) is 9.49. The van der Waals surface area contributed by atoms with E-state index in [2.05, 4.69) is 54.6 Å². The number of aromatic hydroxyl groups is 1. The average molecular weight is 354 g/mol. The van der Waals surface area contributed by atoms with E-state index in [-0.39, 0.29) is 0 Å². The third-order valence-corrected chi connectivity index (χ3v) is 7.71. The fraction of sp³-hybridized carbons (Fsp3) is 0.385. The Morgan fingerprint density at radius 3 is 2.07 bits per heavy atom. The van der Waals surface area contributed by atoms with Gasteiger partial charge in [-0.25, -0.2) is 0 Å². The zero-order valence-electron chi connectivity index (χ0n) is 15.7. The summed E-state index contributed by atoms with van der Waals surface area (Å²) in [7, 11) is 0. The highest BCUT2D eigenvalue weighted by molar-refractivity contribution is 5.88. The smallest absolute Gasteiger partial charge is 0.123 e. The molecule has 0 atom stereocenters. The van der Waals surface area contributed by atoms with Crippen LogP contribution in [0.2, 0.25) is 0 Å². The quantitative estimate of drug-likeness (QED) is 0.544. The van der Waals surface area contributed by atoms with E-state index in [1.165, 1.54) is 54.9 Å². The minimum atomic E-state index is 0.369. The van der Waals surface area contributed by atoms with Crippen LogP contribution in [0, 0.1) is 17.8 Å². The van der Waals surface area contributed by atoms with E-state index >= 15 is 0 Å². The minimum absolute atomic E-state index is 0.369. The molecule has 0 saturated heterocycles. The van der Waals surface area contributed by atoms with Gasteiger partial charge in [-0.1, -0.05) is 42.5 Å². The topological polar surface area (TPSA) is 20.2 Å². The number of hydrogen-bond acceptors (Lipinski definition) is 1. The van der Waals surface area contributed by atoms with Crippen LogP contribution in [-0.4, -0.2) is 5.11 Å². The number of rotatable bonds is 2. The maximum absolute atomic E-state index is 10.6. The van der Waals surface area contributed by atoms with Crippen molar-refractivity contribution >= 4 is 10.8 Å². The summed E-state index contributed by atoms with van der Waals surface area (Å²) in [6, 6.07) is 21.5. The molecule has 136 valence electrons. The van der Waals surface area contributed by atoms with Crippen molar-refractivity contribution in [2.75, 3.05) is 0 Å². The Kier molecular flexibility index (Phi) is 3.27. The van der Waals surface area contributed by atoms with E-state index in [0.29, 0.717) is 11.2 Å². The summed E-state index contributed by atoms with van der Waals surface area (Å²) in [5.74, 6) is 3.22. The summed E-state index contributed by atoms with van der Waals surface area (Å²) >= 11 is 0. The predicted octanol–water partition coefficient (Wildman–Crippen LogP) is 6.68. The fourth-order valence-electron chi connectivity index (χ4n) is 6.92. The lowest BCUT2D eigenvalue weighted by Crippen LogP contribution is -2.48. The molecule has 0 spiro atoms. The van der Waals surface area contributed by atoms with Crippen molar-refractivity contribution < 1.29 is 5.11 Å². The first kappa shape index (κ1) is 15.7. The highest BCUT2D eigenvalue weighted by Crippen LogP contribution is 2.61. The van der Waals surface area contributed by atoms with Crippen LogP contribution in [-0.2, 0) is 5.41 Å². The summed E-state index contributed by atoms with van der Waals surface area (Å²) in [5, 5.41) is 13.1. The third-order valence-electron chi connectivity index (χ3n) is 7.71. The number of fused-ring (bicyclic) bond motifs is 1. The Morgan fingerprint density at radius 2 is 1.37 bits per heavy atom. The molecule has 7 rings (SSSR count). The number of phenols is 1. The van der Waals surface area contributed by atoms with Gasteiger partial charge in [-0.3, -0.25) is 0 Å². The molecule has 1 nitrogen and oxygen atoms in total. The highest BCUT2D eigenvalue weighted by Gasteiger charge is 2.51. The number of hydrogen-bond donors (Lipinski definition) is 1. The Balaban J connectivity index is 1.45. The average Bonchev–Trinajstić information content (AvgIpc) is 2.67. The maximum atomic E-state index is 10.6. The largest absolute Gasteiger partial charge is 0.507 e. The van der Waals surface area contributed by atoms with Crippen LogP contribution in [0.4, 0.5) is 0 Å². The highest BCUT2D eigenvalue weighted by atomic mass is 16.3. The first-order valence-electron chi connectivity index (χ1n) is 10.5. The van der Waals surface area contributed by atoms with Crippen molar-refractivity contribution in [2.24, 2.45) is 17.8 Å². The first-order valence-corrected chi connectivity index (χ1v) is 10.5. The lowest BCUT2D eigenvalue weighted by molar-refractivity contribution is -0.00518.